The fourth-order valence-electron chi connectivity index (χ4n) is 3.91. The lowest BCUT2D eigenvalue weighted by Crippen LogP contribution is -2.27. The van der Waals surface area contributed by atoms with Crippen molar-refractivity contribution in [3.05, 3.63) is 23.8 Å². The average Bonchev–Trinajstić information content (AvgIpc) is 2.88. The zero-order valence-corrected chi connectivity index (χ0v) is 18.8. The Bertz CT molecular complexity index is 571. The molecule has 0 saturated heterocycles. The van der Waals surface area contributed by atoms with Crippen LogP contribution in [0.2, 0.25) is 0 Å². The fraction of sp³-hybridized carbons (Fsp3) is 0.739. The first-order valence-electron chi connectivity index (χ1n) is 10.8. The third-order valence-corrected chi connectivity index (χ3v) is 5.95. The number of aliphatic hydroxyl groups is 2. The molecule has 0 radical (unpaired) electrons. The van der Waals surface area contributed by atoms with Gasteiger partial charge in [0, 0.05) is 24.6 Å². The van der Waals surface area contributed by atoms with Crippen LogP contribution in [-0.4, -0.2) is 39.6 Å². The van der Waals surface area contributed by atoms with Gasteiger partial charge in [-0.05, 0) is 51.9 Å². The SMILES string of the molecule is CC(=O)NC(=O)CCCCCC[C@@H]1[C@@H](C=C[C@@H](O)CCC=C(C)C)[C@H](O)C[C@H]1Cl. The van der Waals surface area contributed by atoms with E-state index in [1.165, 1.54) is 12.5 Å². The third-order valence-electron chi connectivity index (χ3n) is 5.45. The van der Waals surface area contributed by atoms with Gasteiger partial charge in [-0.25, -0.2) is 0 Å². The summed E-state index contributed by atoms with van der Waals surface area (Å²) in [7, 11) is 0. The van der Waals surface area contributed by atoms with E-state index in [1.807, 2.05) is 26.0 Å². The molecular weight excluding hydrogens is 390 g/mol. The first kappa shape index (κ1) is 25.9. The van der Waals surface area contributed by atoms with Crippen LogP contribution < -0.4 is 5.32 Å². The summed E-state index contributed by atoms with van der Waals surface area (Å²) in [5, 5.41) is 22.7. The Hall–Kier alpha value is -1.17. The van der Waals surface area contributed by atoms with Gasteiger partial charge < -0.3 is 10.2 Å². The molecule has 0 unspecified atom stereocenters. The molecule has 0 aromatic carbocycles. The Labute approximate surface area is 180 Å². The maximum Gasteiger partial charge on any atom is 0.226 e. The van der Waals surface area contributed by atoms with Crippen LogP contribution in [0.4, 0.5) is 0 Å². The van der Waals surface area contributed by atoms with Crippen LogP contribution in [0.5, 0.6) is 0 Å². The minimum absolute atomic E-state index is 0.0167. The number of allylic oxidation sites excluding steroid dienone is 2. The third kappa shape index (κ3) is 11.0. The molecule has 0 aromatic heterocycles. The summed E-state index contributed by atoms with van der Waals surface area (Å²) < 4.78 is 0. The van der Waals surface area contributed by atoms with E-state index in [2.05, 4.69) is 11.4 Å². The predicted octanol–water partition coefficient (Wildman–Crippen LogP) is 4.26. The fourth-order valence-corrected chi connectivity index (χ4v) is 4.38. The molecule has 1 fully saturated rings. The van der Waals surface area contributed by atoms with Crippen LogP contribution in [-0.2, 0) is 9.59 Å². The molecular formula is C23H38ClNO4. The molecule has 0 bridgehead atoms. The number of aliphatic hydroxyl groups excluding tert-OH is 2. The van der Waals surface area contributed by atoms with Gasteiger partial charge in [-0.15, -0.1) is 11.6 Å². The number of nitrogens with one attached hydrogen (secondary N) is 1. The second-order valence-corrected chi connectivity index (χ2v) is 8.99. The Balaban J connectivity index is 2.36. The van der Waals surface area contributed by atoms with Crippen molar-refractivity contribution in [2.45, 2.75) is 96.1 Å². The highest BCUT2D eigenvalue weighted by molar-refractivity contribution is 6.21. The highest BCUT2D eigenvalue weighted by Crippen LogP contribution is 2.40. The smallest absolute Gasteiger partial charge is 0.226 e. The molecule has 0 aliphatic heterocycles. The molecule has 1 aliphatic carbocycles. The van der Waals surface area contributed by atoms with Crippen LogP contribution in [0.15, 0.2) is 23.8 Å². The van der Waals surface area contributed by atoms with Gasteiger partial charge in [0.15, 0.2) is 0 Å². The molecule has 0 aromatic rings. The number of hydrogen-bond donors (Lipinski definition) is 3. The van der Waals surface area contributed by atoms with Crippen LogP contribution in [0.3, 0.4) is 0 Å². The molecule has 166 valence electrons. The lowest BCUT2D eigenvalue weighted by molar-refractivity contribution is -0.129. The van der Waals surface area contributed by atoms with Gasteiger partial charge >= 0.3 is 0 Å². The number of unbranched alkanes of at least 4 members (excludes halogenated alkanes) is 3. The molecule has 5 atom stereocenters. The number of alkyl halides is 1. The van der Waals surface area contributed by atoms with Crippen molar-refractivity contribution in [3.8, 4) is 0 Å². The monoisotopic (exact) mass is 427 g/mol. The number of carbonyl (C=O) groups excluding carboxylic acids is 2. The predicted molar refractivity (Wildman–Crippen MR) is 118 cm³/mol. The summed E-state index contributed by atoms with van der Waals surface area (Å²) in [6, 6.07) is 0. The van der Waals surface area contributed by atoms with Gasteiger partial charge in [0.2, 0.25) is 11.8 Å². The second kappa shape index (κ2) is 13.9. The van der Waals surface area contributed by atoms with E-state index < -0.39 is 12.2 Å². The summed E-state index contributed by atoms with van der Waals surface area (Å²) in [6.45, 7) is 5.43. The van der Waals surface area contributed by atoms with Crippen molar-refractivity contribution in [2.24, 2.45) is 11.8 Å². The maximum atomic E-state index is 11.4. The summed E-state index contributed by atoms with van der Waals surface area (Å²) in [5.41, 5.74) is 1.25. The molecule has 1 aliphatic rings. The maximum absolute atomic E-state index is 11.4. The normalized spacial score (nSPS) is 25.2. The van der Waals surface area contributed by atoms with Crippen molar-refractivity contribution in [1.82, 2.24) is 5.32 Å². The molecule has 0 heterocycles. The van der Waals surface area contributed by atoms with E-state index >= 15 is 0 Å². The molecule has 1 saturated carbocycles. The number of hydrogen-bond acceptors (Lipinski definition) is 4. The molecule has 2 amide bonds. The first-order chi connectivity index (χ1) is 13.7. The highest BCUT2D eigenvalue weighted by atomic mass is 35.5. The van der Waals surface area contributed by atoms with Gasteiger partial charge in [0.05, 0.1) is 12.2 Å². The topological polar surface area (TPSA) is 86.6 Å². The van der Waals surface area contributed by atoms with Gasteiger partial charge in [0.1, 0.15) is 0 Å². The summed E-state index contributed by atoms with van der Waals surface area (Å²) in [4.78, 5) is 22.2. The van der Waals surface area contributed by atoms with Crippen molar-refractivity contribution in [2.75, 3.05) is 0 Å². The van der Waals surface area contributed by atoms with Crippen molar-refractivity contribution in [3.63, 3.8) is 0 Å². The van der Waals surface area contributed by atoms with E-state index in [0.29, 0.717) is 19.3 Å². The molecule has 5 nitrogen and oxygen atoms in total. The molecule has 0 spiro atoms. The van der Waals surface area contributed by atoms with Gasteiger partial charge in [0.25, 0.3) is 0 Å². The molecule has 6 heteroatoms. The van der Waals surface area contributed by atoms with E-state index in [-0.39, 0.29) is 29.0 Å². The molecule has 3 N–H and O–H groups in total. The Kier molecular flexibility index (Phi) is 12.4. The minimum atomic E-state index is -0.506. The van der Waals surface area contributed by atoms with E-state index in [4.69, 9.17) is 11.6 Å². The Morgan fingerprint density at radius 1 is 1.17 bits per heavy atom. The summed E-state index contributed by atoms with van der Waals surface area (Å²) in [6.07, 6.45) is 12.0. The number of amides is 2. The lowest BCUT2D eigenvalue weighted by atomic mass is 9.88. The minimum Gasteiger partial charge on any atom is -0.392 e. The number of carbonyl (C=O) groups is 2. The van der Waals surface area contributed by atoms with E-state index in [9.17, 15) is 19.8 Å². The van der Waals surface area contributed by atoms with Gasteiger partial charge in [-0.3, -0.25) is 14.9 Å². The largest absolute Gasteiger partial charge is 0.392 e. The van der Waals surface area contributed by atoms with E-state index in [0.717, 1.165) is 38.5 Å². The summed E-state index contributed by atoms with van der Waals surface area (Å²) >= 11 is 6.48. The highest BCUT2D eigenvalue weighted by Gasteiger charge is 2.39. The van der Waals surface area contributed by atoms with Gasteiger partial charge in [-0.2, -0.15) is 0 Å². The lowest BCUT2D eigenvalue weighted by Gasteiger charge is -2.21. The average molecular weight is 428 g/mol. The van der Waals surface area contributed by atoms with Crippen molar-refractivity contribution < 1.29 is 19.8 Å². The number of imide groups is 1. The standard InChI is InChI=1S/C23H38ClNO4/c1-16(2)9-8-10-18(27)13-14-20-19(21(24)15-22(20)28)11-6-4-5-7-12-23(29)25-17(3)26/h9,13-14,18-22,27-28H,4-8,10-12,15H2,1-3H3,(H,25,26,29)/t18-,19+,20+,21+,22+/m0/s1. The van der Waals surface area contributed by atoms with E-state index in [1.54, 1.807) is 0 Å². The van der Waals surface area contributed by atoms with Gasteiger partial charge in [-0.1, -0.05) is 43.1 Å². The second-order valence-electron chi connectivity index (χ2n) is 8.43. The first-order valence-corrected chi connectivity index (χ1v) is 11.3. The molecule has 29 heavy (non-hydrogen) atoms. The van der Waals surface area contributed by atoms with Crippen molar-refractivity contribution >= 4 is 23.4 Å². The van der Waals surface area contributed by atoms with Crippen LogP contribution in [0, 0.1) is 11.8 Å². The van der Waals surface area contributed by atoms with Crippen LogP contribution >= 0.6 is 11.6 Å². The molecule has 1 rings (SSSR count). The van der Waals surface area contributed by atoms with Crippen molar-refractivity contribution in [1.29, 1.82) is 0 Å². The Morgan fingerprint density at radius 2 is 1.86 bits per heavy atom. The summed E-state index contributed by atoms with van der Waals surface area (Å²) in [5.74, 6) is -0.347. The zero-order chi connectivity index (χ0) is 21.8. The zero-order valence-electron chi connectivity index (χ0n) is 18.1. The number of rotatable bonds is 12. The number of halogens is 1. The quantitative estimate of drug-likeness (QED) is 0.247. The van der Waals surface area contributed by atoms with Crippen LogP contribution in [0.1, 0.15) is 78.6 Å². The Morgan fingerprint density at radius 3 is 2.52 bits per heavy atom. The van der Waals surface area contributed by atoms with Crippen LogP contribution in [0.25, 0.3) is 0 Å².